The molecule has 1 aliphatic heterocycles. The second-order valence-corrected chi connectivity index (χ2v) is 5.35. The van der Waals surface area contributed by atoms with Crippen molar-refractivity contribution in [1.29, 1.82) is 0 Å². The molecule has 7 heteroatoms. The fourth-order valence-electron chi connectivity index (χ4n) is 2.59. The van der Waals surface area contributed by atoms with Gasteiger partial charge >= 0.3 is 6.18 Å². The molecule has 0 radical (unpaired) electrons. The SMILES string of the molecule is OC1CCCn2c(-c3ccc(C(F)(F)F)cc3)nc(Cl)c21. The maximum Gasteiger partial charge on any atom is 0.416 e. The zero-order valence-corrected chi connectivity index (χ0v) is 11.6. The van der Waals surface area contributed by atoms with Crippen molar-refractivity contribution in [3.05, 3.63) is 40.7 Å². The molecule has 0 amide bonds. The first-order valence-electron chi connectivity index (χ1n) is 6.49. The van der Waals surface area contributed by atoms with Crippen LogP contribution in [0, 0.1) is 0 Å². The van der Waals surface area contributed by atoms with Gasteiger partial charge in [-0.2, -0.15) is 13.2 Å². The van der Waals surface area contributed by atoms with Crippen LogP contribution in [0.3, 0.4) is 0 Å². The Morgan fingerprint density at radius 1 is 1.24 bits per heavy atom. The summed E-state index contributed by atoms with van der Waals surface area (Å²) < 4.78 is 39.5. The van der Waals surface area contributed by atoms with E-state index in [1.165, 1.54) is 12.1 Å². The molecule has 1 aromatic heterocycles. The molecule has 0 spiro atoms. The Kier molecular flexibility index (Phi) is 3.45. The first kappa shape index (κ1) is 14.4. The van der Waals surface area contributed by atoms with Crippen molar-refractivity contribution in [3.8, 4) is 11.4 Å². The van der Waals surface area contributed by atoms with Crippen LogP contribution in [-0.2, 0) is 12.7 Å². The van der Waals surface area contributed by atoms with Crippen molar-refractivity contribution >= 4 is 11.6 Å². The molecule has 3 rings (SSSR count). The van der Waals surface area contributed by atoms with Crippen molar-refractivity contribution in [2.45, 2.75) is 31.7 Å². The summed E-state index contributed by atoms with van der Waals surface area (Å²) in [6.07, 6.45) is -3.66. The van der Waals surface area contributed by atoms with E-state index >= 15 is 0 Å². The number of hydrogen-bond acceptors (Lipinski definition) is 2. The van der Waals surface area contributed by atoms with E-state index < -0.39 is 17.8 Å². The number of aliphatic hydroxyl groups excluding tert-OH is 1. The zero-order valence-electron chi connectivity index (χ0n) is 10.9. The van der Waals surface area contributed by atoms with Gasteiger partial charge in [-0.05, 0) is 25.0 Å². The molecule has 21 heavy (non-hydrogen) atoms. The summed E-state index contributed by atoms with van der Waals surface area (Å²) in [6, 6.07) is 4.78. The maximum absolute atomic E-state index is 12.6. The average molecular weight is 317 g/mol. The third kappa shape index (κ3) is 2.53. The van der Waals surface area contributed by atoms with Gasteiger partial charge < -0.3 is 9.67 Å². The van der Waals surface area contributed by atoms with Crippen LogP contribution < -0.4 is 0 Å². The second-order valence-electron chi connectivity index (χ2n) is 5.00. The highest BCUT2D eigenvalue weighted by Crippen LogP contribution is 2.36. The van der Waals surface area contributed by atoms with Crippen LogP contribution in [0.4, 0.5) is 13.2 Å². The number of hydrogen-bond donors (Lipinski definition) is 1. The Balaban J connectivity index is 2.04. The van der Waals surface area contributed by atoms with E-state index in [4.69, 9.17) is 11.6 Å². The third-order valence-corrected chi connectivity index (χ3v) is 3.89. The summed E-state index contributed by atoms with van der Waals surface area (Å²) in [5.41, 5.74) is 0.380. The Morgan fingerprint density at radius 3 is 2.52 bits per heavy atom. The lowest BCUT2D eigenvalue weighted by atomic mass is 10.1. The number of aromatic nitrogens is 2. The summed E-state index contributed by atoms with van der Waals surface area (Å²) in [5, 5.41) is 10.2. The van der Waals surface area contributed by atoms with Gasteiger partial charge in [0.05, 0.1) is 17.4 Å². The van der Waals surface area contributed by atoms with E-state index in [0.29, 0.717) is 30.0 Å². The molecule has 3 nitrogen and oxygen atoms in total. The number of imidazole rings is 1. The number of aliphatic hydroxyl groups is 1. The quantitative estimate of drug-likeness (QED) is 0.862. The largest absolute Gasteiger partial charge is 0.416 e. The number of alkyl halides is 3. The van der Waals surface area contributed by atoms with Crippen LogP contribution in [0.25, 0.3) is 11.4 Å². The fraction of sp³-hybridized carbons (Fsp3) is 0.357. The highest BCUT2D eigenvalue weighted by atomic mass is 35.5. The van der Waals surface area contributed by atoms with Crippen molar-refractivity contribution in [2.75, 3.05) is 0 Å². The van der Waals surface area contributed by atoms with Gasteiger partial charge in [-0.3, -0.25) is 0 Å². The Bertz CT molecular complexity index is 664. The van der Waals surface area contributed by atoms with Gasteiger partial charge in [0.15, 0.2) is 5.15 Å². The first-order chi connectivity index (χ1) is 9.88. The highest BCUT2D eigenvalue weighted by molar-refractivity contribution is 6.30. The van der Waals surface area contributed by atoms with Crippen LogP contribution >= 0.6 is 11.6 Å². The molecule has 1 aliphatic rings. The summed E-state index contributed by atoms with van der Waals surface area (Å²) in [6.45, 7) is 0.641. The van der Waals surface area contributed by atoms with Gasteiger partial charge in [-0.1, -0.05) is 23.7 Å². The Morgan fingerprint density at radius 2 is 1.90 bits per heavy atom. The second kappa shape index (κ2) is 5.03. The normalized spacial score (nSPS) is 18.6. The molecule has 2 aromatic rings. The van der Waals surface area contributed by atoms with Crippen LogP contribution in [0.1, 0.15) is 30.2 Å². The van der Waals surface area contributed by atoms with E-state index in [1.54, 1.807) is 4.57 Å². The molecular weight excluding hydrogens is 305 g/mol. The molecule has 1 atom stereocenters. The van der Waals surface area contributed by atoms with E-state index in [-0.39, 0.29) is 5.15 Å². The molecule has 1 aromatic carbocycles. The molecule has 1 unspecified atom stereocenters. The summed E-state index contributed by atoms with van der Waals surface area (Å²) in [4.78, 5) is 4.19. The first-order valence-corrected chi connectivity index (χ1v) is 6.87. The number of halogens is 4. The van der Waals surface area contributed by atoms with Gasteiger partial charge in [0, 0.05) is 12.1 Å². The van der Waals surface area contributed by atoms with E-state index in [1.807, 2.05) is 0 Å². The number of fused-ring (bicyclic) bond motifs is 1. The van der Waals surface area contributed by atoms with E-state index in [2.05, 4.69) is 4.98 Å². The van der Waals surface area contributed by atoms with Gasteiger partial charge in [-0.15, -0.1) is 0 Å². The predicted molar refractivity (Wildman–Crippen MR) is 71.9 cm³/mol. The Hall–Kier alpha value is -1.53. The molecule has 0 saturated carbocycles. The summed E-state index contributed by atoms with van der Waals surface area (Å²) in [5.74, 6) is 0.488. The van der Waals surface area contributed by atoms with Crippen LogP contribution in [-0.4, -0.2) is 14.7 Å². The van der Waals surface area contributed by atoms with E-state index in [0.717, 1.165) is 18.6 Å². The fourth-order valence-corrected chi connectivity index (χ4v) is 2.90. The lowest BCUT2D eigenvalue weighted by molar-refractivity contribution is -0.137. The van der Waals surface area contributed by atoms with Crippen LogP contribution in [0.15, 0.2) is 24.3 Å². The summed E-state index contributed by atoms with van der Waals surface area (Å²) >= 11 is 6.04. The van der Waals surface area contributed by atoms with E-state index in [9.17, 15) is 18.3 Å². The minimum Gasteiger partial charge on any atom is -0.387 e. The molecule has 1 N–H and O–H groups in total. The van der Waals surface area contributed by atoms with Crippen molar-refractivity contribution in [3.63, 3.8) is 0 Å². The third-order valence-electron chi connectivity index (χ3n) is 3.61. The number of nitrogens with zero attached hydrogens (tertiary/aromatic N) is 2. The molecule has 0 aliphatic carbocycles. The lowest BCUT2D eigenvalue weighted by Crippen LogP contribution is -2.15. The van der Waals surface area contributed by atoms with Crippen molar-refractivity contribution < 1.29 is 18.3 Å². The van der Waals surface area contributed by atoms with Gasteiger partial charge in [0.1, 0.15) is 5.82 Å². The maximum atomic E-state index is 12.6. The zero-order chi connectivity index (χ0) is 15.2. The smallest absolute Gasteiger partial charge is 0.387 e. The van der Waals surface area contributed by atoms with Crippen LogP contribution in [0.5, 0.6) is 0 Å². The van der Waals surface area contributed by atoms with Crippen molar-refractivity contribution in [1.82, 2.24) is 9.55 Å². The molecular formula is C14H12ClF3N2O. The standard InChI is InChI=1S/C14H12ClF3N2O/c15-12-11-10(21)2-1-7-20(11)13(19-12)8-3-5-9(6-4-8)14(16,17)18/h3-6,10,21H,1-2,7H2. The number of rotatable bonds is 1. The van der Waals surface area contributed by atoms with Crippen molar-refractivity contribution in [2.24, 2.45) is 0 Å². The van der Waals surface area contributed by atoms with Crippen LogP contribution in [0.2, 0.25) is 5.15 Å². The average Bonchev–Trinajstić information content (AvgIpc) is 2.77. The molecule has 0 fully saturated rings. The minimum atomic E-state index is -4.36. The van der Waals surface area contributed by atoms with Gasteiger partial charge in [-0.25, -0.2) is 4.98 Å². The molecule has 112 valence electrons. The highest BCUT2D eigenvalue weighted by Gasteiger charge is 2.31. The summed E-state index contributed by atoms with van der Waals surface area (Å²) in [7, 11) is 0. The number of benzene rings is 1. The van der Waals surface area contributed by atoms with Gasteiger partial charge in [0.25, 0.3) is 0 Å². The van der Waals surface area contributed by atoms with Gasteiger partial charge in [0.2, 0.25) is 0 Å². The molecule has 2 heterocycles. The Labute approximate surface area is 124 Å². The molecule has 0 bridgehead atoms. The minimum absolute atomic E-state index is 0.206. The lowest BCUT2D eigenvalue weighted by Gasteiger charge is -2.21. The topological polar surface area (TPSA) is 38.0 Å². The predicted octanol–water partition coefficient (Wildman–Crippen LogP) is 4.05. The molecule has 0 saturated heterocycles. The monoisotopic (exact) mass is 316 g/mol.